The lowest BCUT2D eigenvalue weighted by atomic mass is 10.1. The van der Waals surface area contributed by atoms with Crippen LogP contribution >= 0.6 is 0 Å². The summed E-state index contributed by atoms with van der Waals surface area (Å²) in [7, 11) is 0. The second kappa shape index (κ2) is 5.85. The fourth-order valence-corrected chi connectivity index (χ4v) is 2.47. The fraction of sp³-hybridized carbons (Fsp3) is 0.500. The summed E-state index contributed by atoms with van der Waals surface area (Å²) < 4.78 is 11.4. The molecule has 5 nitrogen and oxygen atoms in total. The zero-order chi connectivity index (χ0) is 14.8. The van der Waals surface area contributed by atoms with Crippen LogP contribution in [0.3, 0.4) is 0 Å². The van der Waals surface area contributed by atoms with Gasteiger partial charge in [0.2, 0.25) is 0 Å². The Labute approximate surface area is 124 Å². The van der Waals surface area contributed by atoms with Crippen molar-refractivity contribution in [2.24, 2.45) is 0 Å². The highest BCUT2D eigenvalue weighted by atomic mass is 16.5. The average Bonchev–Trinajstić information content (AvgIpc) is 2.98. The van der Waals surface area contributed by atoms with Gasteiger partial charge in [-0.2, -0.15) is 4.98 Å². The molecule has 5 heteroatoms. The van der Waals surface area contributed by atoms with E-state index in [1.807, 2.05) is 18.2 Å². The molecule has 1 aliphatic heterocycles. The molecule has 0 aliphatic carbocycles. The third-order valence-corrected chi connectivity index (χ3v) is 3.80. The Balaban J connectivity index is 1.80. The molecule has 0 bridgehead atoms. The molecule has 112 valence electrons. The lowest BCUT2D eigenvalue weighted by Gasteiger charge is -2.36. The van der Waals surface area contributed by atoms with Crippen LogP contribution < -0.4 is 4.90 Å². The summed E-state index contributed by atoms with van der Waals surface area (Å²) in [6, 6.07) is 11.1. The van der Waals surface area contributed by atoms with Crippen molar-refractivity contribution >= 4 is 6.01 Å². The number of rotatable bonds is 3. The molecule has 0 saturated carbocycles. The molecular formula is C16H21N3O2. The Bertz CT molecular complexity index is 582. The maximum absolute atomic E-state index is 5.95. The number of morpholine rings is 1. The molecule has 1 saturated heterocycles. The molecule has 2 aromatic rings. The summed E-state index contributed by atoms with van der Waals surface area (Å²) in [5.74, 6) is 1.02. The predicted molar refractivity (Wildman–Crippen MR) is 80.3 cm³/mol. The van der Waals surface area contributed by atoms with Gasteiger partial charge in [-0.05, 0) is 12.5 Å². The van der Waals surface area contributed by atoms with Gasteiger partial charge in [0.15, 0.2) is 5.82 Å². The van der Waals surface area contributed by atoms with Gasteiger partial charge in [-0.25, -0.2) is 0 Å². The van der Waals surface area contributed by atoms with E-state index in [0.717, 1.165) is 12.4 Å². The number of ether oxygens (including phenoxy) is 1. The van der Waals surface area contributed by atoms with Crippen molar-refractivity contribution in [3.8, 4) is 0 Å². The van der Waals surface area contributed by atoms with Gasteiger partial charge in [0, 0.05) is 5.92 Å². The van der Waals surface area contributed by atoms with Crippen LogP contribution in [0.4, 0.5) is 6.01 Å². The standard InChI is InChI=1S/C16H21N3O2/c1-11(2)15-17-16(21-18-15)19-9-14(20-10-12(19)3)13-7-5-4-6-8-13/h4-8,11-12,14H,9-10H2,1-3H3/t12-,14-/m1/s1. The first-order valence-corrected chi connectivity index (χ1v) is 7.42. The zero-order valence-corrected chi connectivity index (χ0v) is 12.7. The van der Waals surface area contributed by atoms with Gasteiger partial charge in [-0.1, -0.05) is 49.3 Å². The summed E-state index contributed by atoms with van der Waals surface area (Å²) in [5, 5.41) is 4.05. The monoisotopic (exact) mass is 287 g/mol. The van der Waals surface area contributed by atoms with E-state index in [0.29, 0.717) is 12.6 Å². The molecule has 2 heterocycles. The van der Waals surface area contributed by atoms with Gasteiger partial charge < -0.3 is 14.2 Å². The molecule has 0 amide bonds. The molecular weight excluding hydrogens is 266 g/mol. The Morgan fingerprint density at radius 3 is 2.67 bits per heavy atom. The highest BCUT2D eigenvalue weighted by molar-refractivity contribution is 5.31. The highest BCUT2D eigenvalue weighted by Crippen LogP contribution is 2.28. The third-order valence-electron chi connectivity index (χ3n) is 3.80. The summed E-state index contributed by atoms with van der Waals surface area (Å²) >= 11 is 0. The molecule has 0 spiro atoms. The maximum Gasteiger partial charge on any atom is 0.324 e. The number of benzene rings is 1. The van der Waals surface area contributed by atoms with E-state index in [4.69, 9.17) is 9.26 Å². The SMILES string of the molecule is CC(C)c1noc(N2C[C@H](c3ccccc3)OC[C@H]2C)n1. The number of aromatic nitrogens is 2. The van der Waals surface area contributed by atoms with E-state index < -0.39 is 0 Å². The van der Waals surface area contributed by atoms with E-state index in [-0.39, 0.29) is 18.1 Å². The number of hydrogen-bond acceptors (Lipinski definition) is 5. The second-order valence-electron chi connectivity index (χ2n) is 5.82. The topological polar surface area (TPSA) is 51.4 Å². The summed E-state index contributed by atoms with van der Waals surface area (Å²) in [6.45, 7) is 7.61. The normalized spacial score (nSPS) is 22.8. The largest absolute Gasteiger partial charge is 0.370 e. The molecule has 1 fully saturated rings. The molecule has 0 N–H and O–H groups in total. The van der Waals surface area contributed by atoms with E-state index in [9.17, 15) is 0 Å². The van der Waals surface area contributed by atoms with Gasteiger partial charge in [0.05, 0.1) is 19.2 Å². The Hall–Kier alpha value is -1.88. The van der Waals surface area contributed by atoms with Crippen molar-refractivity contribution in [1.82, 2.24) is 10.1 Å². The number of anilines is 1. The molecule has 2 atom stereocenters. The Morgan fingerprint density at radius 2 is 2.00 bits per heavy atom. The van der Waals surface area contributed by atoms with Crippen molar-refractivity contribution in [1.29, 1.82) is 0 Å². The summed E-state index contributed by atoms with van der Waals surface area (Å²) in [5.41, 5.74) is 1.18. The first kappa shape index (κ1) is 14.1. The smallest absolute Gasteiger partial charge is 0.324 e. The Morgan fingerprint density at radius 1 is 1.24 bits per heavy atom. The maximum atomic E-state index is 5.95. The average molecular weight is 287 g/mol. The van der Waals surface area contributed by atoms with Crippen LogP contribution in [0.15, 0.2) is 34.9 Å². The first-order chi connectivity index (χ1) is 10.1. The highest BCUT2D eigenvalue weighted by Gasteiger charge is 2.30. The van der Waals surface area contributed by atoms with Crippen LogP contribution in [-0.2, 0) is 4.74 Å². The molecule has 1 aromatic carbocycles. The van der Waals surface area contributed by atoms with Crippen LogP contribution in [0, 0.1) is 0 Å². The molecule has 1 aliphatic rings. The number of hydrogen-bond donors (Lipinski definition) is 0. The zero-order valence-electron chi connectivity index (χ0n) is 12.7. The van der Waals surface area contributed by atoms with Crippen LogP contribution in [0.2, 0.25) is 0 Å². The van der Waals surface area contributed by atoms with Crippen LogP contribution in [0.1, 0.15) is 44.2 Å². The van der Waals surface area contributed by atoms with Gasteiger partial charge in [0.1, 0.15) is 6.10 Å². The van der Waals surface area contributed by atoms with Crippen molar-refractivity contribution in [3.05, 3.63) is 41.7 Å². The van der Waals surface area contributed by atoms with Gasteiger partial charge >= 0.3 is 6.01 Å². The van der Waals surface area contributed by atoms with Crippen LogP contribution in [0.5, 0.6) is 0 Å². The lowest BCUT2D eigenvalue weighted by molar-refractivity contribution is 0.0191. The van der Waals surface area contributed by atoms with Crippen molar-refractivity contribution < 1.29 is 9.26 Å². The molecule has 0 radical (unpaired) electrons. The molecule has 21 heavy (non-hydrogen) atoms. The second-order valence-corrected chi connectivity index (χ2v) is 5.82. The molecule has 0 unspecified atom stereocenters. The van der Waals surface area contributed by atoms with E-state index in [1.165, 1.54) is 5.56 Å². The van der Waals surface area contributed by atoms with Crippen molar-refractivity contribution in [3.63, 3.8) is 0 Å². The minimum atomic E-state index is 0.0387. The van der Waals surface area contributed by atoms with E-state index in [2.05, 4.69) is 47.9 Å². The third kappa shape index (κ3) is 2.93. The van der Waals surface area contributed by atoms with Crippen molar-refractivity contribution in [2.75, 3.05) is 18.1 Å². The van der Waals surface area contributed by atoms with Crippen LogP contribution in [0.25, 0.3) is 0 Å². The predicted octanol–water partition coefficient (Wildman–Crippen LogP) is 3.16. The van der Waals surface area contributed by atoms with Gasteiger partial charge in [0.25, 0.3) is 0 Å². The quantitative estimate of drug-likeness (QED) is 0.868. The van der Waals surface area contributed by atoms with E-state index in [1.54, 1.807) is 0 Å². The fourth-order valence-electron chi connectivity index (χ4n) is 2.47. The Kier molecular flexibility index (Phi) is 3.92. The van der Waals surface area contributed by atoms with E-state index >= 15 is 0 Å². The molecule has 1 aromatic heterocycles. The lowest BCUT2D eigenvalue weighted by Crippen LogP contribution is -2.45. The minimum Gasteiger partial charge on any atom is -0.370 e. The minimum absolute atomic E-state index is 0.0387. The van der Waals surface area contributed by atoms with Gasteiger partial charge in [-0.3, -0.25) is 0 Å². The van der Waals surface area contributed by atoms with Crippen molar-refractivity contribution in [2.45, 2.75) is 38.8 Å². The molecule has 3 rings (SSSR count). The number of nitrogens with zero attached hydrogens (tertiary/aromatic N) is 3. The first-order valence-electron chi connectivity index (χ1n) is 7.42. The summed E-state index contributed by atoms with van der Waals surface area (Å²) in [6.07, 6.45) is 0.0387. The van der Waals surface area contributed by atoms with Gasteiger partial charge in [-0.15, -0.1) is 0 Å². The summed E-state index contributed by atoms with van der Waals surface area (Å²) in [4.78, 5) is 6.64. The van der Waals surface area contributed by atoms with Crippen LogP contribution in [-0.4, -0.2) is 29.3 Å².